The lowest BCUT2D eigenvalue weighted by Crippen LogP contribution is -2.11. The van der Waals surface area contributed by atoms with Crippen LogP contribution in [0.25, 0.3) is 99.6 Å². The maximum Gasteiger partial charge on any atom is 0.161 e. The van der Waals surface area contributed by atoms with Crippen molar-refractivity contribution >= 4 is 43.5 Å². The minimum absolute atomic E-state index is 0.391. The topological polar surface area (TPSA) is 48.2 Å². The summed E-state index contributed by atoms with van der Waals surface area (Å²) in [5.41, 5.74) is 12.1. The molecule has 8 aromatic carbocycles. The Morgan fingerprint density at radius 1 is 0.412 bits per heavy atom. The van der Waals surface area contributed by atoms with Gasteiger partial charge in [0.15, 0.2) is 5.82 Å². The van der Waals surface area contributed by atoms with Gasteiger partial charge in [0.05, 0.1) is 11.4 Å². The molecule has 0 fully saturated rings. The Kier molecular flexibility index (Phi) is 5.98. The summed E-state index contributed by atoms with van der Waals surface area (Å²) in [5.74, 6) is 1.51. The van der Waals surface area contributed by atoms with Gasteiger partial charge < -0.3 is 9.15 Å². The van der Waals surface area contributed by atoms with Crippen LogP contribution in [0, 0.1) is 0 Å². The number of furan rings is 1. The van der Waals surface area contributed by atoms with Crippen LogP contribution in [0.4, 0.5) is 0 Å². The molecule has 2 aromatic heterocycles. The van der Waals surface area contributed by atoms with Gasteiger partial charge in [-0.3, -0.25) is 0 Å². The van der Waals surface area contributed by atoms with Crippen molar-refractivity contribution in [2.24, 2.45) is 0 Å². The highest BCUT2D eigenvalue weighted by Gasteiger charge is 2.27. The highest BCUT2D eigenvalue weighted by molar-refractivity contribution is 6.35. The van der Waals surface area contributed by atoms with Crippen LogP contribution in [-0.4, -0.2) is 9.97 Å². The molecule has 0 radical (unpaired) electrons. The van der Waals surface area contributed by atoms with Crippen LogP contribution >= 0.6 is 0 Å². The van der Waals surface area contributed by atoms with Crippen LogP contribution in [0.5, 0.6) is 5.75 Å². The molecule has 0 saturated carbocycles. The van der Waals surface area contributed by atoms with Crippen LogP contribution in [0.2, 0.25) is 0 Å². The van der Waals surface area contributed by atoms with E-state index in [1.807, 2.05) is 24.3 Å². The molecular weight excluding hydrogens is 625 g/mol. The average Bonchev–Trinajstić information content (AvgIpc) is 3.60. The van der Waals surface area contributed by atoms with Gasteiger partial charge in [0.2, 0.25) is 0 Å². The van der Waals surface area contributed by atoms with Crippen molar-refractivity contribution in [3.05, 3.63) is 163 Å². The van der Waals surface area contributed by atoms with Crippen LogP contribution in [0.1, 0.15) is 5.56 Å². The molecule has 1 aliphatic rings. The van der Waals surface area contributed by atoms with E-state index in [4.69, 9.17) is 19.1 Å². The van der Waals surface area contributed by atoms with E-state index in [-0.39, 0.29) is 0 Å². The number of nitrogens with zero attached hydrogens (tertiary/aromatic N) is 2. The summed E-state index contributed by atoms with van der Waals surface area (Å²) in [7, 11) is 0. The van der Waals surface area contributed by atoms with Crippen molar-refractivity contribution in [2.45, 2.75) is 6.61 Å². The molecule has 0 spiro atoms. The highest BCUT2D eigenvalue weighted by atomic mass is 16.5. The number of ether oxygens (including phenoxy) is 1. The van der Waals surface area contributed by atoms with Crippen molar-refractivity contribution < 1.29 is 9.15 Å². The zero-order chi connectivity index (χ0) is 33.5. The van der Waals surface area contributed by atoms with E-state index in [0.29, 0.717) is 12.4 Å². The molecular formula is C47H28N2O2. The number of para-hydroxylation sites is 1. The van der Waals surface area contributed by atoms with Crippen molar-refractivity contribution in [3.8, 4) is 61.9 Å². The monoisotopic (exact) mass is 652 g/mol. The lowest BCUT2D eigenvalue weighted by Gasteiger charge is -2.23. The number of hydrogen-bond donors (Lipinski definition) is 0. The van der Waals surface area contributed by atoms with Gasteiger partial charge in [-0.25, -0.2) is 9.97 Å². The summed E-state index contributed by atoms with van der Waals surface area (Å²) in [6.07, 6.45) is 0. The summed E-state index contributed by atoms with van der Waals surface area (Å²) < 4.78 is 12.8. The number of fused-ring (bicyclic) bond motifs is 6. The predicted octanol–water partition coefficient (Wildman–Crippen LogP) is 12.3. The molecule has 51 heavy (non-hydrogen) atoms. The Morgan fingerprint density at radius 2 is 1.10 bits per heavy atom. The largest absolute Gasteiger partial charge is 0.488 e. The Balaban J connectivity index is 1.24. The molecule has 4 nitrogen and oxygen atoms in total. The molecule has 0 aliphatic carbocycles. The van der Waals surface area contributed by atoms with E-state index >= 15 is 0 Å². The number of hydrogen-bond acceptors (Lipinski definition) is 4. The van der Waals surface area contributed by atoms with Gasteiger partial charge in [-0.05, 0) is 80.9 Å². The Labute approximate surface area is 293 Å². The predicted molar refractivity (Wildman–Crippen MR) is 207 cm³/mol. The minimum Gasteiger partial charge on any atom is -0.488 e. The summed E-state index contributed by atoms with van der Waals surface area (Å²) in [6, 6.07) is 55.2. The van der Waals surface area contributed by atoms with Crippen LogP contribution in [-0.2, 0) is 6.61 Å². The molecule has 11 rings (SSSR count). The lowest BCUT2D eigenvalue weighted by atomic mass is 9.89. The quantitative estimate of drug-likeness (QED) is 0.178. The van der Waals surface area contributed by atoms with E-state index in [9.17, 15) is 0 Å². The zero-order valence-electron chi connectivity index (χ0n) is 27.4. The maximum absolute atomic E-state index is 6.52. The second kappa shape index (κ2) is 10.9. The molecule has 0 unspecified atom stereocenters. The smallest absolute Gasteiger partial charge is 0.161 e. The van der Waals surface area contributed by atoms with Gasteiger partial charge in [-0.1, -0.05) is 115 Å². The van der Waals surface area contributed by atoms with Crippen molar-refractivity contribution in [2.75, 3.05) is 0 Å². The summed E-state index contributed by atoms with van der Waals surface area (Å²) in [6.45, 7) is 0.391. The molecule has 0 saturated heterocycles. The van der Waals surface area contributed by atoms with Crippen molar-refractivity contribution in [1.29, 1.82) is 0 Å². The second-order valence-corrected chi connectivity index (χ2v) is 13.2. The lowest BCUT2D eigenvalue weighted by molar-refractivity contribution is 0.301. The molecule has 0 bridgehead atoms. The molecule has 0 atom stereocenters. The Hall–Kier alpha value is -6.78. The normalized spacial score (nSPS) is 12.4. The van der Waals surface area contributed by atoms with Gasteiger partial charge in [-0.15, -0.1) is 0 Å². The molecule has 1 aliphatic heterocycles. The van der Waals surface area contributed by atoms with Gasteiger partial charge in [0.1, 0.15) is 23.5 Å². The molecule has 10 aromatic rings. The van der Waals surface area contributed by atoms with Gasteiger partial charge >= 0.3 is 0 Å². The average molecular weight is 653 g/mol. The second-order valence-electron chi connectivity index (χ2n) is 13.2. The van der Waals surface area contributed by atoms with Gasteiger partial charge in [-0.2, -0.15) is 0 Å². The molecule has 4 heteroatoms. The molecule has 238 valence electrons. The standard InChI is InChI=1S/C47H28N2O2/c1-3-11-28(12-4-1)30-15-9-16-32(25-30)45-38-27-50-39-19-8-7-17-35(39)46(38)49-47(48-45)36-23-24-41-44-42(36)37-26-31(29-13-5-2-6-14-29)21-22-33(37)34-18-10-20-40(51-41)43(34)44/h1-26H,27H2. The fourth-order valence-electron chi connectivity index (χ4n) is 8.01. The van der Waals surface area contributed by atoms with E-state index in [0.717, 1.165) is 88.8 Å². The fraction of sp³-hybridized carbons (Fsp3) is 0.0213. The first-order valence-corrected chi connectivity index (χ1v) is 17.3. The zero-order valence-corrected chi connectivity index (χ0v) is 27.4. The number of benzene rings is 8. The Morgan fingerprint density at radius 3 is 1.94 bits per heavy atom. The van der Waals surface area contributed by atoms with Crippen molar-refractivity contribution in [1.82, 2.24) is 9.97 Å². The van der Waals surface area contributed by atoms with Gasteiger partial charge in [0, 0.05) is 38.4 Å². The minimum atomic E-state index is 0.391. The first-order valence-electron chi connectivity index (χ1n) is 17.3. The third kappa shape index (κ3) is 4.26. The highest BCUT2D eigenvalue weighted by Crippen LogP contribution is 2.48. The first-order chi connectivity index (χ1) is 25.3. The summed E-state index contributed by atoms with van der Waals surface area (Å²) >= 11 is 0. The maximum atomic E-state index is 6.52. The molecule has 3 heterocycles. The fourth-order valence-corrected chi connectivity index (χ4v) is 8.01. The van der Waals surface area contributed by atoms with Crippen molar-refractivity contribution in [3.63, 3.8) is 0 Å². The number of rotatable bonds is 4. The molecule has 0 N–H and O–H groups in total. The number of aromatic nitrogens is 2. The summed E-state index contributed by atoms with van der Waals surface area (Å²) in [4.78, 5) is 10.9. The van der Waals surface area contributed by atoms with Crippen LogP contribution in [0.15, 0.2) is 162 Å². The van der Waals surface area contributed by atoms with E-state index in [1.54, 1.807) is 0 Å². The van der Waals surface area contributed by atoms with E-state index in [1.165, 1.54) is 16.3 Å². The van der Waals surface area contributed by atoms with E-state index in [2.05, 4.69) is 133 Å². The Bertz CT molecular complexity index is 2960. The first kappa shape index (κ1) is 28.1. The van der Waals surface area contributed by atoms with Gasteiger partial charge in [0.25, 0.3) is 0 Å². The van der Waals surface area contributed by atoms with Crippen LogP contribution < -0.4 is 4.74 Å². The SMILES string of the molecule is c1ccc(-c2cccc(-c3nc(-c4ccc5oc6cccc7c8ccc(-c9ccccc9)cc8c4c5c67)nc4c3COc3ccccc3-4)c2)cc1. The molecule has 0 amide bonds. The third-order valence-corrected chi connectivity index (χ3v) is 10.4. The van der Waals surface area contributed by atoms with Crippen LogP contribution in [0.3, 0.4) is 0 Å². The third-order valence-electron chi connectivity index (χ3n) is 10.4. The van der Waals surface area contributed by atoms with E-state index < -0.39 is 0 Å². The summed E-state index contributed by atoms with van der Waals surface area (Å²) in [5, 5.41) is 6.85.